The van der Waals surface area contributed by atoms with Crippen molar-refractivity contribution in [2.24, 2.45) is 0 Å². The molecule has 0 amide bonds. The second kappa shape index (κ2) is 5.45. The summed E-state index contributed by atoms with van der Waals surface area (Å²) in [6, 6.07) is 1.27. The average Bonchev–Trinajstić information content (AvgIpc) is 2.70. The molecule has 8 heteroatoms. The molecule has 2 rings (SSSR count). The summed E-state index contributed by atoms with van der Waals surface area (Å²) in [4.78, 5) is 25.9. The van der Waals surface area contributed by atoms with Crippen LogP contribution in [0.4, 0.5) is 4.39 Å². The van der Waals surface area contributed by atoms with Crippen molar-refractivity contribution in [2.45, 2.75) is 31.8 Å². The highest BCUT2D eigenvalue weighted by atomic mass is 19.1. The van der Waals surface area contributed by atoms with Crippen molar-refractivity contribution in [3.05, 3.63) is 22.7 Å². The van der Waals surface area contributed by atoms with E-state index < -0.39 is 30.2 Å². The van der Waals surface area contributed by atoms with E-state index in [0.29, 0.717) is 0 Å². The zero-order chi connectivity index (χ0) is 14.0. The molecular formula is C11H13FN2O5. The van der Waals surface area contributed by atoms with Gasteiger partial charge in [0, 0.05) is 25.6 Å². The number of carbonyl (C=O) groups excluding carboxylic acids is 1. The van der Waals surface area contributed by atoms with Gasteiger partial charge in [0.15, 0.2) is 6.23 Å². The van der Waals surface area contributed by atoms with Crippen LogP contribution in [0.15, 0.2) is 17.1 Å². The van der Waals surface area contributed by atoms with Crippen molar-refractivity contribution < 1.29 is 23.8 Å². The molecule has 19 heavy (non-hydrogen) atoms. The Bertz CT molecular complexity index is 532. The van der Waals surface area contributed by atoms with Crippen molar-refractivity contribution in [3.8, 4) is 5.88 Å². The van der Waals surface area contributed by atoms with Crippen LogP contribution in [0.1, 0.15) is 19.6 Å². The molecule has 1 aliphatic rings. The van der Waals surface area contributed by atoms with Crippen LogP contribution >= 0.6 is 0 Å². The number of hydrogen-bond donors (Lipinski definition) is 1. The Kier molecular flexibility index (Phi) is 3.91. The second-order valence-electron chi connectivity index (χ2n) is 4.13. The van der Waals surface area contributed by atoms with Gasteiger partial charge >= 0.3 is 11.7 Å². The fraction of sp³-hybridized carbons (Fsp3) is 0.545. The molecule has 1 N–H and O–H groups in total. The summed E-state index contributed by atoms with van der Waals surface area (Å²) in [5.74, 6) is -0.758. The minimum absolute atomic E-state index is 0.0132. The summed E-state index contributed by atoms with van der Waals surface area (Å²) in [7, 11) is 0. The van der Waals surface area contributed by atoms with Gasteiger partial charge in [0.1, 0.15) is 6.17 Å². The molecule has 2 heterocycles. The van der Waals surface area contributed by atoms with Gasteiger partial charge in [-0.05, 0) is 0 Å². The van der Waals surface area contributed by atoms with Crippen LogP contribution in [-0.4, -0.2) is 39.5 Å². The predicted octanol–water partition coefficient (Wildman–Crippen LogP) is -0.214. The number of esters is 1. The van der Waals surface area contributed by atoms with Crippen molar-refractivity contribution in [1.29, 1.82) is 0 Å². The van der Waals surface area contributed by atoms with Gasteiger partial charge in [0.25, 0.3) is 0 Å². The lowest BCUT2D eigenvalue weighted by Crippen LogP contribution is -2.30. The number of aliphatic hydroxyl groups excluding tert-OH is 1. The Balaban J connectivity index is 2.22. The summed E-state index contributed by atoms with van der Waals surface area (Å²) < 4.78 is 24.5. The summed E-state index contributed by atoms with van der Waals surface area (Å²) in [5.41, 5.74) is -0.787. The third kappa shape index (κ3) is 2.96. The third-order valence-corrected chi connectivity index (χ3v) is 2.66. The monoisotopic (exact) mass is 272 g/mol. The molecule has 1 aliphatic heterocycles. The molecule has 0 spiro atoms. The van der Waals surface area contributed by atoms with Gasteiger partial charge in [-0.3, -0.25) is 9.36 Å². The van der Waals surface area contributed by atoms with Crippen LogP contribution in [0.2, 0.25) is 0 Å². The minimum Gasteiger partial charge on any atom is -0.407 e. The highest BCUT2D eigenvalue weighted by Gasteiger charge is 2.36. The smallest absolute Gasteiger partial charge is 0.353 e. The number of aliphatic hydroxyl groups is 1. The van der Waals surface area contributed by atoms with Gasteiger partial charge in [0.2, 0.25) is 5.88 Å². The van der Waals surface area contributed by atoms with Gasteiger partial charge in [-0.2, -0.15) is 4.98 Å². The van der Waals surface area contributed by atoms with E-state index in [4.69, 9.17) is 9.84 Å². The minimum atomic E-state index is -1.41. The van der Waals surface area contributed by atoms with Crippen molar-refractivity contribution in [1.82, 2.24) is 9.55 Å². The van der Waals surface area contributed by atoms with E-state index in [0.717, 1.165) is 4.57 Å². The molecule has 0 aromatic carbocycles. The number of ether oxygens (including phenoxy) is 2. The van der Waals surface area contributed by atoms with E-state index in [2.05, 4.69) is 9.72 Å². The lowest BCUT2D eigenvalue weighted by Gasteiger charge is -2.15. The highest BCUT2D eigenvalue weighted by Crippen LogP contribution is 2.30. The van der Waals surface area contributed by atoms with E-state index in [-0.39, 0.29) is 18.9 Å². The summed E-state index contributed by atoms with van der Waals surface area (Å²) in [6.45, 7) is 0.862. The van der Waals surface area contributed by atoms with Crippen LogP contribution in [0, 0.1) is 0 Å². The fourth-order valence-corrected chi connectivity index (χ4v) is 1.86. The molecule has 1 saturated heterocycles. The number of hydrogen-bond acceptors (Lipinski definition) is 6. The van der Waals surface area contributed by atoms with E-state index in [9.17, 15) is 14.0 Å². The molecular weight excluding hydrogens is 259 g/mol. The van der Waals surface area contributed by atoms with Gasteiger partial charge in [-0.15, -0.1) is 0 Å². The van der Waals surface area contributed by atoms with Gasteiger partial charge in [-0.1, -0.05) is 0 Å². The van der Waals surface area contributed by atoms with Gasteiger partial charge < -0.3 is 14.6 Å². The Morgan fingerprint density at radius 1 is 1.74 bits per heavy atom. The van der Waals surface area contributed by atoms with Gasteiger partial charge in [-0.25, -0.2) is 9.18 Å². The largest absolute Gasteiger partial charge is 0.407 e. The van der Waals surface area contributed by atoms with E-state index >= 15 is 0 Å². The zero-order valence-corrected chi connectivity index (χ0v) is 10.2. The number of aromatic nitrogens is 2. The molecule has 0 aliphatic carbocycles. The first-order chi connectivity index (χ1) is 9.01. The van der Waals surface area contributed by atoms with Crippen LogP contribution in [0.25, 0.3) is 0 Å². The second-order valence-corrected chi connectivity index (χ2v) is 4.13. The number of rotatable bonds is 3. The Morgan fingerprint density at radius 2 is 2.47 bits per heavy atom. The highest BCUT2D eigenvalue weighted by molar-refractivity contribution is 5.68. The maximum atomic E-state index is 13.7. The lowest BCUT2D eigenvalue weighted by atomic mass is 10.2. The maximum absolute atomic E-state index is 13.7. The number of carbonyl (C=O) groups is 1. The van der Waals surface area contributed by atoms with Crippen LogP contribution < -0.4 is 10.4 Å². The zero-order valence-electron chi connectivity index (χ0n) is 10.2. The van der Waals surface area contributed by atoms with Crippen molar-refractivity contribution >= 4 is 5.97 Å². The quantitative estimate of drug-likeness (QED) is 0.765. The molecule has 3 atom stereocenters. The molecule has 1 aromatic heterocycles. The molecule has 7 nitrogen and oxygen atoms in total. The van der Waals surface area contributed by atoms with Gasteiger partial charge in [0.05, 0.1) is 12.7 Å². The van der Waals surface area contributed by atoms with E-state index in [1.165, 1.54) is 19.2 Å². The molecule has 0 bridgehead atoms. The predicted molar refractivity (Wildman–Crippen MR) is 60.3 cm³/mol. The standard InChI is InChI=1S/C11H13FN2O5/c1-6(16)18-9-2-3-14(11(17)13-9)10-8(12)4-7(5-15)19-10/h2-3,7-8,10,15H,4-5H2,1H3/t7-,8+,10+/m0/s1. The van der Waals surface area contributed by atoms with E-state index in [1.54, 1.807) is 0 Å². The Hall–Kier alpha value is -1.80. The molecule has 0 radical (unpaired) electrons. The first-order valence-corrected chi connectivity index (χ1v) is 5.69. The van der Waals surface area contributed by atoms with Crippen molar-refractivity contribution in [3.63, 3.8) is 0 Å². The number of alkyl halides is 1. The molecule has 1 fully saturated rings. The normalized spacial score (nSPS) is 26.4. The third-order valence-electron chi connectivity index (χ3n) is 2.66. The SMILES string of the molecule is CC(=O)Oc1ccn([C@@H]2O[C@H](CO)C[C@H]2F)c(=O)n1. The molecule has 1 aromatic rings. The van der Waals surface area contributed by atoms with Crippen LogP contribution in [0.3, 0.4) is 0 Å². The van der Waals surface area contributed by atoms with Crippen LogP contribution in [0.5, 0.6) is 5.88 Å². The summed E-state index contributed by atoms with van der Waals surface area (Å²) in [6.07, 6.45) is -1.91. The summed E-state index contributed by atoms with van der Waals surface area (Å²) >= 11 is 0. The molecule has 0 saturated carbocycles. The number of halogens is 1. The molecule has 0 unspecified atom stereocenters. The van der Waals surface area contributed by atoms with Crippen LogP contribution in [-0.2, 0) is 9.53 Å². The maximum Gasteiger partial charge on any atom is 0.353 e. The fourth-order valence-electron chi connectivity index (χ4n) is 1.86. The van der Waals surface area contributed by atoms with Crippen molar-refractivity contribution in [2.75, 3.05) is 6.61 Å². The lowest BCUT2D eigenvalue weighted by molar-refractivity contribution is -0.132. The Labute approximate surface area is 107 Å². The first kappa shape index (κ1) is 13.6. The topological polar surface area (TPSA) is 90.6 Å². The van der Waals surface area contributed by atoms with E-state index in [1.807, 2.05) is 0 Å². The Morgan fingerprint density at radius 3 is 3.00 bits per heavy atom. The summed E-state index contributed by atoms with van der Waals surface area (Å²) in [5, 5.41) is 8.91. The average molecular weight is 272 g/mol. The number of nitrogens with zero attached hydrogens (tertiary/aromatic N) is 2. The molecule has 104 valence electrons. The first-order valence-electron chi connectivity index (χ1n) is 5.69.